The molecule has 38 heavy (non-hydrogen) atoms. The summed E-state index contributed by atoms with van der Waals surface area (Å²) in [6, 6.07) is 11.9. The summed E-state index contributed by atoms with van der Waals surface area (Å²) >= 11 is 3.15. The quantitative estimate of drug-likeness (QED) is 0.0908. The average molecular weight is 551 g/mol. The number of rotatable bonds is 15. The number of carboxylic acids is 1. The number of nitriles is 1. The molecule has 0 aliphatic carbocycles. The van der Waals surface area contributed by atoms with Crippen LogP contribution in [0, 0.1) is 11.3 Å². The highest BCUT2D eigenvalue weighted by Gasteiger charge is 2.20. The highest BCUT2D eigenvalue weighted by molar-refractivity contribution is 7.27. The second-order valence-electron chi connectivity index (χ2n) is 9.26. The van der Waals surface area contributed by atoms with E-state index in [2.05, 4.69) is 29.9 Å². The van der Waals surface area contributed by atoms with Gasteiger partial charge in [0.15, 0.2) is 0 Å². The Morgan fingerprint density at radius 2 is 1.71 bits per heavy atom. The Morgan fingerprint density at radius 3 is 2.39 bits per heavy atom. The van der Waals surface area contributed by atoms with Gasteiger partial charge in [0.2, 0.25) is 0 Å². The van der Waals surface area contributed by atoms with E-state index in [0.29, 0.717) is 13.2 Å². The number of aromatic nitrogens is 1. The largest absolute Gasteiger partial charge is 0.493 e. The lowest BCUT2D eigenvalue weighted by atomic mass is 10.2. The number of thiophene rings is 2. The number of nitrogens with zero attached hydrogens (tertiary/aromatic N) is 2. The second kappa shape index (κ2) is 13.5. The van der Waals surface area contributed by atoms with Crippen molar-refractivity contribution >= 4 is 55.2 Å². The van der Waals surface area contributed by atoms with Gasteiger partial charge in [0.1, 0.15) is 23.1 Å². The summed E-state index contributed by atoms with van der Waals surface area (Å²) in [5.74, 6) is 0.343. The number of hydrogen-bond acceptors (Lipinski definition) is 6. The lowest BCUT2D eigenvalue weighted by Crippen LogP contribution is -2.04. The van der Waals surface area contributed by atoms with Crippen molar-refractivity contribution in [3.05, 3.63) is 46.2 Å². The first-order chi connectivity index (χ1) is 18.6. The summed E-state index contributed by atoms with van der Waals surface area (Å²) in [6.07, 6.45) is 10.5. The molecule has 0 saturated carbocycles. The van der Waals surface area contributed by atoms with Crippen molar-refractivity contribution in [3.63, 3.8) is 0 Å². The molecule has 200 valence electrons. The zero-order valence-electron chi connectivity index (χ0n) is 22.0. The van der Waals surface area contributed by atoms with Crippen LogP contribution in [0.2, 0.25) is 0 Å². The number of aliphatic carboxylic acids is 1. The molecule has 3 aromatic heterocycles. The Labute approximate surface area is 231 Å². The van der Waals surface area contributed by atoms with Crippen molar-refractivity contribution in [2.24, 2.45) is 0 Å². The Kier molecular flexibility index (Phi) is 9.85. The molecule has 1 aromatic carbocycles. The zero-order chi connectivity index (χ0) is 26.9. The molecule has 4 aromatic rings. The van der Waals surface area contributed by atoms with E-state index in [4.69, 9.17) is 9.47 Å². The van der Waals surface area contributed by atoms with Gasteiger partial charge in [-0.3, -0.25) is 0 Å². The average Bonchev–Trinajstić information content (AvgIpc) is 3.60. The number of hydrogen-bond donors (Lipinski definition) is 1. The van der Waals surface area contributed by atoms with Gasteiger partial charge in [-0.1, -0.05) is 52.4 Å². The molecule has 0 unspecified atom stereocenters. The minimum Gasteiger partial charge on any atom is -0.493 e. The SMILES string of the molecule is CCCCCCOc1ccc(-n2c3ccsc3c3sc(/C=C(/C#N)C(=O)O)cc32)c(OCCCCCC)c1. The van der Waals surface area contributed by atoms with Gasteiger partial charge in [-0.05, 0) is 48.6 Å². The van der Waals surface area contributed by atoms with Crippen LogP contribution in [0.3, 0.4) is 0 Å². The van der Waals surface area contributed by atoms with Gasteiger partial charge < -0.3 is 19.1 Å². The van der Waals surface area contributed by atoms with E-state index in [-0.39, 0.29) is 5.57 Å². The maximum absolute atomic E-state index is 11.4. The summed E-state index contributed by atoms with van der Waals surface area (Å²) in [7, 11) is 0. The van der Waals surface area contributed by atoms with Crippen molar-refractivity contribution in [2.75, 3.05) is 13.2 Å². The standard InChI is InChI=1S/C30H34N2O4S2/c1-3-5-7-9-14-35-22-11-12-24(27(18-22)36-15-10-8-6-4-2)32-25-13-16-37-28(25)29-26(32)19-23(38-29)17-21(20-31)30(33)34/h11-13,16-19H,3-10,14-15H2,1-2H3,(H,33,34)/b21-17-. The molecule has 1 N–H and O–H groups in total. The van der Waals surface area contributed by atoms with Crippen LogP contribution in [0.1, 0.15) is 70.1 Å². The molecule has 6 nitrogen and oxygen atoms in total. The van der Waals surface area contributed by atoms with Crippen LogP contribution in [0.5, 0.6) is 11.5 Å². The minimum absolute atomic E-state index is 0.278. The molecule has 4 rings (SSSR count). The number of carbonyl (C=O) groups is 1. The van der Waals surface area contributed by atoms with Crippen LogP contribution in [0.25, 0.3) is 32.2 Å². The Morgan fingerprint density at radius 1 is 0.974 bits per heavy atom. The second-order valence-corrected chi connectivity index (χ2v) is 11.3. The summed E-state index contributed by atoms with van der Waals surface area (Å²) in [5.41, 5.74) is 2.69. The number of fused-ring (bicyclic) bond motifs is 3. The van der Waals surface area contributed by atoms with Gasteiger partial charge in [0.05, 0.1) is 39.3 Å². The predicted molar refractivity (Wildman–Crippen MR) is 157 cm³/mol. The summed E-state index contributed by atoms with van der Waals surface area (Å²) in [6.45, 7) is 5.71. The first-order valence-corrected chi connectivity index (χ1v) is 15.0. The molecule has 3 heterocycles. The Bertz CT molecular complexity index is 1450. The third-order valence-corrected chi connectivity index (χ3v) is 8.53. The van der Waals surface area contributed by atoms with Crippen LogP contribution in [-0.4, -0.2) is 28.9 Å². The first-order valence-electron chi connectivity index (χ1n) is 13.3. The zero-order valence-corrected chi connectivity index (χ0v) is 23.6. The van der Waals surface area contributed by atoms with Crippen LogP contribution in [-0.2, 0) is 4.79 Å². The lowest BCUT2D eigenvalue weighted by molar-refractivity contribution is -0.132. The van der Waals surface area contributed by atoms with E-state index < -0.39 is 5.97 Å². The number of benzene rings is 1. The molecule has 0 spiro atoms. The van der Waals surface area contributed by atoms with Crippen LogP contribution >= 0.6 is 22.7 Å². The Hall–Kier alpha value is -3.28. The van der Waals surface area contributed by atoms with Crippen molar-refractivity contribution < 1.29 is 19.4 Å². The maximum atomic E-state index is 11.4. The van der Waals surface area contributed by atoms with Crippen molar-refractivity contribution in [3.8, 4) is 23.3 Å². The third kappa shape index (κ3) is 6.40. The van der Waals surface area contributed by atoms with Crippen molar-refractivity contribution in [1.82, 2.24) is 4.57 Å². The fraction of sp³-hybridized carbons (Fsp3) is 0.400. The smallest absolute Gasteiger partial charge is 0.346 e. The molecule has 0 amide bonds. The molecule has 8 heteroatoms. The molecular weight excluding hydrogens is 516 g/mol. The molecule has 0 atom stereocenters. The summed E-state index contributed by atoms with van der Waals surface area (Å²) in [5, 5.41) is 20.6. The molecule has 0 fully saturated rings. The highest BCUT2D eigenvalue weighted by atomic mass is 32.1. The van der Waals surface area contributed by atoms with Crippen LogP contribution in [0.4, 0.5) is 0 Å². The van der Waals surface area contributed by atoms with Crippen molar-refractivity contribution in [1.29, 1.82) is 5.26 Å². The predicted octanol–water partition coefficient (Wildman–Crippen LogP) is 8.82. The Balaban J connectivity index is 1.72. The molecule has 0 radical (unpaired) electrons. The van der Waals surface area contributed by atoms with E-state index >= 15 is 0 Å². The highest BCUT2D eigenvalue weighted by Crippen LogP contribution is 2.43. The molecule has 0 saturated heterocycles. The van der Waals surface area contributed by atoms with E-state index in [9.17, 15) is 15.2 Å². The third-order valence-electron chi connectivity index (χ3n) is 6.40. The van der Waals surface area contributed by atoms with Crippen LogP contribution < -0.4 is 9.47 Å². The van der Waals surface area contributed by atoms with Crippen LogP contribution in [0.15, 0.2) is 41.3 Å². The first kappa shape index (κ1) is 27.7. The van der Waals surface area contributed by atoms with Crippen molar-refractivity contribution in [2.45, 2.75) is 65.2 Å². The molecule has 0 aliphatic heterocycles. The number of unbranched alkanes of at least 4 members (excludes halogenated alkanes) is 6. The van der Waals surface area contributed by atoms with Gasteiger partial charge in [-0.2, -0.15) is 5.26 Å². The fourth-order valence-corrected chi connectivity index (χ4v) is 6.57. The van der Waals surface area contributed by atoms with Gasteiger partial charge in [0, 0.05) is 10.9 Å². The van der Waals surface area contributed by atoms with E-state index in [1.165, 1.54) is 43.1 Å². The minimum atomic E-state index is -1.22. The number of ether oxygens (including phenoxy) is 2. The van der Waals surface area contributed by atoms with Gasteiger partial charge >= 0.3 is 5.97 Å². The monoisotopic (exact) mass is 550 g/mol. The maximum Gasteiger partial charge on any atom is 0.346 e. The molecule has 0 aliphatic rings. The number of carboxylic acid groups (broad SMARTS) is 1. The van der Waals surface area contributed by atoms with E-state index in [1.807, 2.05) is 24.3 Å². The van der Waals surface area contributed by atoms with Gasteiger partial charge in [0.25, 0.3) is 0 Å². The fourth-order valence-electron chi connectivity index (χ4n) is 4.44. The lowest BCUT2D eigenvalue weighted by Gasteiger charge is -2.16. The normalized spacial score (nSPS) is 11.8. The summed E-state index contributed by atoms with van der Waals surface area (Å²) in [4.78, 5) is 12.1. The van der Waals surface area contributed by atoms with E-state index in [1.54, 1.807) is 17.4 Å². The van der Waals surface area contributed by atoms with E-state index in [0.717, 1.165) is 68.2 Å². The molecular formula is C30H34N2O4S2. The van der Waals surface area contributed by atoms with Gasteiger partial charge in [-0.25, -0.2) is 4.79 Å². The van der Waals surface area contributed by atoms with Gasteiger partial charge in [-0.15, -0.1) is 22.7 Å². The topological polar surface area (TPSA) is 84.5 Å². The summed E-state index contributed by atoms with van der Waals surface area (Å²) < 4.78 is 16.8. The molecule has 0 bridgehead atoms.